The average molecular weight is 377 g/mol. The van der Waals surface area contributed by atoms with Crippen molar-refractivity contribution >= 4 is 5.78 Å². The first-order valence-electron chi connectivity index (χ1n) is 10.5. The Hall–Kier alpha value is -1.51. The number of methoxy groups -OCH3 is 2. The number of hydrogen-bond donors (Lipinski definition) is 0. The number of Topliss-reactive ketones (excluding diaryl/α,β-unsaturated/α-hetero) is 1. The van der Waals surface area contributed by atoms with E-state index in [1.807, 2.05) is 32.9 Å². The summed E-state index contributed by atoms with van der Waals surface area (Å²) < 4.78 is 10.8. The number of hydrogen-bond acceptors (Lipinski definition) is 3. The van der Waals surface area contributed by atoms with Gasteiger partial charge in [-0.3, -0.25) is 4.79 Å². The molecule has 0 aromatic heterocycles. The van der Waals surface area contributed by atoms with Gasteiger partial charge in [-0.15, -0.1) is 0 Å². The van der Waals surface area contributed by atoms with Crippen LogP contribution in [0, 0.1) is 17.3 Å². The van der Waals surface area contributed by atoms with E-state index in [9.17, 15) is 4.79 Å². The minimum Gasteiger partial charge on any atom is -0.497 e. The number of ketones is 1. The summed E-state index contributed by atoms with van der Waals surface area (Å²) in [6.07, 6.45) is 7.55. The molecule has 0 saturated carbocycles. The van der Waals surface area contributed by atoms with Crippen LogP contribution in [0.3, 0.4) is 0 Å². The molecule has 0 fully saturated rings. The molecule has 1 atom stereocenters. The Balaban J connectivity index is 2.95. The maximum atomic E-state index is 13.1. The van der Waals surface area contributed by atoms with Crippen LogP contribution in [0.1, 0.15) is 78.7 Å². The quantitative estimate of drug-likeness (QED) is 0.419. The van der Waals surface area contributed by atoms with E-state index in [0.717, 1.165) is 36.3 Å². The van der Waals surface area contributed by atoms with Crippen LogP contribution < -0.4 is 9.47 Å². The lowest BCUT2D eigenvalue weighted by atomic mass is 9.75. The number of carbonyl (C=O) groups excluding carboxylic acids is 1. The minimum absolute atomic E-state index is 0.111. The van der Waals surface area contributed by atoms with Crippen molar-refractivity contribution in [3.63, 3.8) is 0 Å². The van der Waals surface area contributed by atoms with E-state index >= 15 is 0 Å². The number of carbonyl (C=O) groups is 1. The van der Waals surface area contributed by atoms with Gasteiger partial charge in [0.15, 0.2) is 0 Å². The smallest absolute Gasteiger partial charge is 0.141 e. The highest BCUT2D eigenvalue weighted by Gasteiger charge is 2.31. The first-order chi connectivity index (χ1) is 12.8. The summed E-state index contributed by atoms with van der Waals surface area (Å²) >= 11 is 0. The number of rotatable bonds is 12. The topological polar surface area (TPSA) is 35.5 Å². The van der Waals surface area contributed by atoms with Crippen molar-refractivity contribution in [3.05, 3.63) is 23.8 Å². The van der Waals surface area contributed by atoms with E-state index in [1.165, 1.54) is 25.7 Å². The predicted molar refractivity (Wildman–Crippen MR) is 114 cm³/mol. The second kappa shape index (κ2) is 11.4. The zero-order valence-corrected chi connectivity index (χ0v) is 18.6. The molecule has 0 spiro atoms. The number of benzene rings is 1. The first kappa shape index (κ1) is 23.5. The SMILES string of the molecule is CCCC(CCC)C[C@@H](CCc1ccc(OC)cc1OC)C(=O)C(C)(C)C. The van der Waals surface area contributed by atoms with Crippen molar-refractivity contribution in [2.24, 2.45) is 17.3 Å². The van der Waals surface area contributed by atoms with Crippen molar-refractivity contribution in [2.75, 3.05) is 14.2 Å². The largest absolute Gasteiger partial charge is 0.497 e. The van der Waals surface area contributed by atoms with Crippen LogP contribution in [0.2, 0.25) is 0 Å². The van der Waals surface area contributed by atoms with Crippen LogP contribution in [0.15, 0.2) is 18.2 Å². The Kier molecular flexibility index (Phi) is 9.90. The molecule has 0 radical (unpaired) electrons. The first-order valence-corrected chi connectivity index (χ1v) is 10.5. The highest BCUT2D eigenvalue weighted by Crippen LogP contribution is 2.33. The van der Waals surface area contributed by atoms with E-state index in [-0.39, 0.29) is 11.3 Å². The van der Waals surface area contributed by atoms with Gasteiger partial charge in [0.05, 0.1) is 14.2 Å². The highest BCUT2D eigenvalue weighted by atomic mass is 16.5. The maximum absolute atomic E-state index is 13.1. The molecule has 0 heterocycles. The fourth-order valence-corrected chi connectivity index (χ4v) is 3.96. The molecule has 3 heteroatoms. The Morgan fingerprint density at radius 1 is 1.00 bits per heavy atom. The average Bonchev–Trinajstić information content (AvgIpc) is 2.63. The third kappa shape index (κ3) is 7.56. The van der Waals surface area contributed by atoms with Gasteiger partial charge in [0.1, 0.15) is 17.3 Å². The van der Waals surface area contributed by atoms with Gasteiger partial charge in [0.25, 0.3) is 0 Å². The lowest BCUT2D eigenvalue weighted by Gasteiger charge is -2.28. The van der Waals surface area contributed by atoms with Crippen LogP contribution in [-0.4, -0.2) is 20.0 Å². The standard InChI is InChI=1S/C24H40O3/c1-8-10-18(11-9-2)16-20(23(25)24(3,4)5)13-12-19-14-15-21(26-6)17-22(19)27-7/h14-15,17-18,20H,8-13,16H2,1-7H3/t20-/m1/s1. The third-order valence-corrected chi connectivity index (χ3v) is 5.38. The summed E-state index contributed by atoms with van der Waals surface area (Å²) in [7, 11) is 3.35. The van der Waals surface area contributed by atoms with Crippen LogP contribution >= 0.6 is 0 Å². The van der Waals surface area contributed by atoms with Gasteiger partial charge in [-0.25, -0.2) is 0 Å². The Bertz CT molecular complexity index is 565. The molecular formula is C24H40O3. The normalized spacial score (nSPS) is 12.9. The molecule has 154 valence electrons. The van der Waals surface area contributed by atoms with E-state index in [2.05, 4.69) is 19.9 Å². The van der Waals surface area contributed by atoms with Crippen LogP contribution in [-0.2, 0) is 11.2 Å². The molecule has 0 bridgehead atoms. The Labute approximate surface area is 166 Å². The van der Waals surface area contributed by atoms with Crippen molar-refractivity contribution in [2.45, 2.75) is 79.6 Å². The summed E-state index contributed by atoms with van der Waals surface area (Å²) in [5, 5.41) is 0. The monoisotopic (exact) mass is 376 g/mol. The predicted octanol–water partition coefficient (Wildman–Crippen LogP) is 6.47. The fourth-order valence-electron chi connectivity index (χ4n) is 3.96. The van der Waals surface area contributed by atoms with Crippen LogP contribution in [0.4, 0.5) is 0 Å². The number of ether oxygens (including phenoxy) is 2. The van der Waals surface area contributed by atoms with Crippen LogP contribution in [0.25, 0.3) is 0 Å². The Morgan fingerprint density at radius 3 is 2.11 bits per heavy atom. The van der Waals surface area contributed by atoms with Crippen molar-refractivity contribution in [1.82, 2.24) is 0 Å². The lowest BCUT2D eigenvalue weighted by molar-refractivity contribution is -0.131. The van der Waals surface area contributed by atoms with Gasteiger partial charge in [-0.2, -0.15) is 0 Å². The fraction of sp³-hybridized carbons (Fsp3) is 0.708. The van der Waals surface area contributed by atoms with E-state index in [4.69, 9.17) is 9.47 Å². The molecule has 0 aliphatic rings. The van der Waals surface area contributed by atoms with Gasteiger partial charge < -0.3 is 9.47 Å². The lowest BCUT2D eigenvalue weighted by Crippen LogP contribution is -2.30. The van der Waals surface area contributed by atoms with Crippen molar-refractivity contribution < 1.29 is 14.3 Å². The molecule has 27 heavy (non-hydrogen) atoms. The molecule has 0 aliphatic heterocycles. The molecule has 1 rings (SSSR count). The molecule has 0 unspecified atom stereocenters. The summed E-state index contributed by atoms with van der Waals surface area (Å²) in [6.45, 7) is 10.6. The van der Waals surface area contributed by atoms with Gasteiger partial charge in [0, 0.05) is 17.4 Å². The summed E-state index contributed by atoms with van der Waals surface area (Å²) in [5.74, 6) is 2.79. The number of aryl methyl sites for hydroxylation is 1. The second-order valence-electron chi connectivity index (χ2n) is 8.71. The molecule has 0 amide bonds. The summed E-state index contributed by atoms with van der Waals surface area (Å²) in [4.78, 5) is 13.1. The van der Waals surface area contributed by atoms with E-state index in [1.54, 1.807) is 14.2 Å². The van der Waals surface area contributed by atoms with Gasteiger partial charge >= 0.3 is 0 Å². The molecule has 1 aromatic carbocycles. The third-order valence-electron chi connectivity index (χ3n) is 5.38. The van der Waals surface area contributed by atoms with Gasteiger partial charge in [0.2, 0.25) is 0 Å². The zero-order valence-electron chi connectivity index (χ0n) is 18.6. The molecule has 0 N–H and O–H groups in total. The van der Waals surface area contributed by atoms with Crippen molar-refractivity contribution in [1.29, 1.82) is 0 Å². The van der Waals surface area contributed by atoms with E-state index in [0.29, 0.717) is 11.7 Å². The molecule has 1 aromatic rings. The maximum Gasteiger partial charge on any atom is 0.141 e. The van der Waals surface area contributed by atoms with Gasteiger partial charge in [-0.1, -0.05) is 66.4 Å². The molecule has 3 nitrogen and oxygen atoms in total. The molecule has 0 saturated heterocycles. The van der Waals surface area contributed by atoms with E-state index < -0.39 is 0 Å². The Morgan fingerprint density at radius 2 is 1.63 bits per heavy atom. The van der Waals surface area contributed by atoms with Crippen LogP contribution in [0.5, 0.6) is 11.5 Å². The summed E-state index contributed by atoms with van der Waals surface area (Å²) in [5.41, 5.74) is 0.852. The minimum atomic E-state index is -0.294. The molecular weight excluding hydrogens is 336 g/mol. The summed E-state index contributed by atoms with van der Waals surface area (Å²) in [6, 6.07) is 5.95. The second-order valence-corrected chi connectivity index (χ2v) is 8.71. The van der Waals surface area contributed by atoms with Crippen molar-refractivity contribution in [3.8, 4) is 11.5 Å². The molecule has 0 aliphatic carbocycles. The highest BCUT2D eigenvalue weighted by molar-refractivity contribution is 5.86. The van der Waals surface area contributed by atoms with Gasteiger partial charge in [-0.05, 0) is 36.8 Å². The zero-order chi connectivity index (χ0) is 20.4.